The molecule has 0 unspecified atom stereocenters. The van der Waals surface area contributed by atoms with Gasteiger partial charge in [-0.05, 0) is 36.2 Å². The van der Waals surface area contributed by atoms with Gasteiger partial charge in [0, 0.05) is 15.7 Å². The highest BCUT2D eigenvalue weighted by molar-refractivity contribution is 9.10. The second-order valence-electron chi connectivity index (χ2n) is 5.22. The normalized spacial score (nSPS) is 11.3. The number of benzene rings is 2. The van der Waals surface area contributed by atoms with E-state index >= 15 is 0 Å². The quantitative estimate of drug-likeness (QED) is 0.700. The predicted molar refractivity (Wildman–Crippen MR) is 95.3 cm³/mol. The van der Waals surface area contributed by atoms with Gasteiger partial charge in [-0.1, -0.05) is 35.0 Å². The van der Waals surface area contributed by atoms with Gasteiger partial charge in [0.05, 0.1) is 11.3 Å². The van der Waals surface area contributed by atoms with Gasteiger partial charge < -0.3 is 10.4 Å². The molecular weight excluding hydrogens is 396 g/mol. The average molecular weight is 413 g/mol. The van der Waals surface area contributed by atoms with Gasteiger partial charge in [0.2, 0.25) is 15.9 Å². The summed E-state index contributed by atoms with van der Waals surface area (Å²) in [5.41, 5.74) is 1.38. The van der Waals surface area contributed by atoms with Crippen molar-refractivity contribution in [1.82, 2.24) is 0 Å². The Morgan fingerprint density at radius 3 is 2.46 bits per heavy atom. The number of amides is 1. The maximum atomic E-state index is 12.1. The number of halogens is 1. The van der Waals surface area contributed by atoms with Crippen LogP contribution < -0.4 is 10.5 Å². The number of rotatable bonds is 5. The Morgan fingerprint density at radius 2 is 1.88 bits per heavy atom. The first-order valence-electron chi connectivity index (χ1n) is 7.13. The van der Waals surface area contributed by atoms with Gasteiger partial charge in [0.25, 0.3) is 0 Å². The standard InChI is InChI=1S/C16H17BrN2O4S/c1-2-10-4-6-13(9-15(10)24(18,22)23)19-16(21)7-11-3-5-12(17)8-14(11)20/h3-6,8-9,20H,2,7H2,1H3,(H,19,21)(H2,18,22,23). The fourth-order valence-electron chi connectivity index (χ4n) is 2.25. The number of sulfonamides is 1. The zero-order valence-corrected chi connectivity index (χ0v) is 15.3. The van der Waals surface area contributed by atoms with Crippen LogP contribution in [0.2, 0.25) is 0 Å². The van der Waals surface area contributed by atoms with E-state index in [4.69, 9.17) is 5.14 Å². The van der Waals surface area contributed by atoms with E-state index in [2.05, 4.69) is 21.2 Å². The molecule has 2 aromatic carbocycles. The maximum Gasteiger partial charge on any atom is 0.238 e. The van der Waals surface area contributed by atoms with E-state index in [9.17, 15) is 18.3 Å². The van der Waals surface area contributed by atoms with Gasteiger partial charge in [0.15, 0.2) is 0 Å². The molecule has 1 amide bonds. The highest BCUT2D eigenvalue weighted by Gasteiger charge is 2.15. The van der Waals surface area contributed by atoms with Gasteiger partial charge in [-0.15, -0.1) is 0 Å². The number of aromatic hydroxyl groups is 1. The summed E-state index contributed by atoms with van der Waals surface area (Å²) in [6, 6.07) is 9.43. The fourth-order valence-corrected chi connectivity index (χ4v) is 3.47. The van der Waals surface area contributed by atoms with E-state index < -0.39 is 10.0 Å². The number of nitrogens with two attached hydrogens (primary N) is 1. The zero-order valence-electron chi connectivity index (χ0n) is 12.9. The molecule has 6 nitrogen and oxygen atoms in total. The van der Waals surface area contributed by atoms with Crippen LogP contribution in [-0.4, -0.2) is 19.4 Å². The van der Waals surface area contributed by atoms with E-state index in [0.717, 1.165) is 0 Å². The van der Waals surface area contributed by atoms with Crippen LogP contribution >= 0.6 is 15.9 Å². The van der Waals surface area contributed by atoms with Crippen molar-refractivity contribution in [3.63, 3.8) is 0 Å². The summed E-state index contributed by atoms with van der Waals surface area (Å²) in [6.45, 7) is 1.82. The van der Waals surface area contributed by atoms with Crippen molar-refractivity contribution >= 4 is 37.5 Å². The molecular formula is C16H17BrN2O4S. The third-order valence-electron chi connectivity index (χ3n) is 3.44. The topological polar surface area (TPSA) is 109 Å². The first-order valence-corrected chi connectivity index (χ1v) is 9.47. The van der Waals surface area contributed by atoms with E-state index in [-0.39, 0.29) is 23.0 Å². The zero-order chi connectivity index (χ0) is 17.9. The van der Waals surface area contributed by atoms with E-state index in [0.29, 0.717) is 27.7 Å². The highest BCUT2D eigenvalue weighted by atomic mass is 79.9. The van der Waals surface area contributed by atoms with E-state index in [1.165, 1.54) is 12.1 Å². The highest BCUT2D eigenvalue weighted by Crippen LogP contribution is 2.24. The Labute approximate surface area is 148 Å². The van der Waals surface area contributed by atoms with Gasteiger partial charge in [-0.3, -0.25) is 4.79 Å². The molecule has 2 rings (SSSR count). The number of phenolic OH excluding ortho intramolecular Hbond substituents is 1. The van der Waals surface area contributed by atoms with Gasteiger partial charge in [0.1, 0.15) is 5.75 Å². The first-order chi connectivity index (χ1) is 11.2. The third kappa shape index (κ3) is 4.56. The molecule has 2 aromatic rings. The lowest BCUT2D eigenvalue weighted by Gasteiger charge is -2.11. The Kier molecular flexibility index (Phi) is 5.63. The van der Waals surface area contributed by atoms with Crippen LogP contribution in [0.1, 0.15) is 18.1 Å². The minimum absolute atomic E-state index is 0.00529. The molecule has 0 heterocycles. The molecule has 0 aliphatic carbocycles. The van der Waals surface area contributed by atoms with Crippen molar-refractivity contribution in [2.75, 3.05) is 5.32 Å². The lowest BCUT2D eigenvalue weighted by molar-refractivity contribution is -0.115. The second-order valence-corrected chi connectivity index (χ2v) is 7.66. The summed E-state index contributed by atoms with van der Waals surface area (Å²) in [7, 11) is -3.87. The maximum absolute atomic E-state index is 12.1. The van der Waals surface area contributed by atoms with Crippen molar-refractivity contribution < 1.29 is 18.3 Å². The summed E-state index contributed by atoms with van der Waals surface area (Å²) >= 11 is 3.23. The molecule has 0 aromatic heterocycles. The molecule has 4 N–H and O–H groups in total. The Bertz CT molecular complexity index is 882. The Hall–Kier alpha value is -1.90. The molecule has 0 bridgehead atoms. The Morgan fingerprint density at radius 1 is 1.21 bits per heavy atom. The van der Waals surface area contributed by atoms with E-state index in [1.54, 1.807) is 24.3 Å². The molecule has 24 heavy (non-hydrogen) atoms. The molecule has 0 aliphatic heterocycles. The SMILES string of the molecule is CCc1ccc(NC(=O)Cc2ccc(Br)cc2O)cc1S(N)(=O)=O. The lowest BCUT2D eigenvalue weighted by Crippen LogP contribution is -2.17. The van der Waals surface area contributed by atoms with Crippen LogP contribution in [0, 0.1) is 0 Å². The van der Waals surface area contributed by atoms with Gasteiger partial charge in [-0.25, -0.2) is 13.6 Å². The lowest BCUT2D eigenvalue weighted by atomic mass is 10.1. The van der Waals surface area contributed by atoms with Crippen molar-refractivity contribution in [1.29, 1.82) is 0 Å². The summed E-state index contributed by atoms with van der Waals surface area (Å²) in [6.07, 6.45) is 0.464. The number of carbonyl (C=O) groups is 1. The van der Waals surface area contributed by atoms with Gasteiger partial charge >= 0.3 is 0 Å². The molecule has 0 spiro atoms. The number of phenols is 1. The molecule has 0 aliphatic rings. The number of hydrogen-bond donors (Lipinski definition) is 3. The number of primary sulfonamides is 1. The monoisotopic (exact) mass is 412 g/mol. The number of nitrogens with one attached hydrogen (secondary N) is 1. The van der Waals surface area contributed by atoms with Crippen molar-refractivity contribution in [2.24, 2.45) is 5.14 Å². The summed E-state index contributed by atoms with van der Waals surface area (Å²) in [5.74, 6) is -0.372. The Balaban J connectivity index is 2.20. The largest absolute Gasteiger partial charge is 0.508 e. The molecule has 8 heteroatoms. The van der Waals surface area contributed by atoms with Crippen molar-refractivity contribution in [3.05, 3.63) is 52.0 Å². The molecule has 0 saturated heterocycles. The number of anilines is 1. The number of aryl methyl sites for hydroxylation is 1. The number of carbonyl (C=O) groups excluding carboxylic acids is 1. The number of hydrogen-bond acceptors (Lipinski definition) is 4. The van der Waals surface area contributed by atoms with E-state index in [1.807, 2.05) is 6.92 Å². The smallest absolute Gasteiger partial charge is 0.238 e. The summed E-state index contributed by atoms with van der Waals surface area (Å²) < 4.78 is 24.0. The van der Waals surface area contributed by atoms with Crippen LogP contribution in [0.3, 0.4) is 0 Å². The minimum Gasteiger partial charge on any atom is -0.508 e. The summed E-state index contributed by atoms with van der Waals surface area (Å²) in [4.78, 5) is 12.1. The van der Waals surface area contributed by atoms with Crippen molar-refractivity contribution in [3.8, 4) is 5.75 Å². The fraction of sp³-hybridized carbons (Fsp3) is 0.188. The van der Waals surface area contributed by atoms with Crippen LogP contribution in [0.4, 0.5) is 5.69 Å². The molecule has 0 fully saturated rings. The summed E-state index contributed by atoms with van der Waals surface area (Å²) in [5, 5.41) is 17.6. The van der Waals surface area contributed by atoms with Crippen LogP contribution in [0.15, 0.2) is 45.8 Å². The van der Waals surface area contributed by atoms with Crippen LogP contribution in [0.5, 0.6) is 5.75 Å². The van der Waals surface area contributed by atoms with Gasteiger partial charge in [-0.2, -0.15) is 0 Å². The predicted octanol–water partition coefficient (Wildman–Crippen LogP) is 2.55. The first kappa shape index (κ1) is 18.4. The molecule has 0 radical (unpaired) electrons. The minimum atomic E-state index is -3.87. The average Bonchev–Trinajstić information content (AvgIpc) is 2.49. The second kappa shape index (κ2) is 7.33. The molecule has 128 valence electrons. The van der Waals surface area contributed by atoms with Crippen molar-refractivity contribution in [2.45, 2.75) is 24.7 Å². The molecule has 0 atom stereocenters. The van der Waals surface area contributed by atoms with Crippen LogP contribution in [-0.2, 0) is 27.7 Å². The third-order valence-corrected chi connectivity index (χ3v) is 4.92. The molecule has 0 saturated carbocycles. The van der Waals surface area contributed by atoms with Crippen LogP contribution in [0.25, 0.3) is 0 Å².